The minimum Gasteiger partial charge on any atom is -0.467 e. The van der Waals surface area contributed by atoms with Gasteiger partial charge in [0.05, 0.1) is 13.2 Å². The number of fused-ring (bicyclic) bond motifs is 1. The molecule has 74 valence electrons. The molecule has 0 radical (unpaired) electrons. The van der Waals surface area contributed by atoms with Gasteiger partial charge in [-0.2, -0.15) is 0 Å². The molecule has 2 aliphatic rings. The van der Waals surface area contributed by atoms with Gasteiger partial charge in [0.2, 0.25) is 0 Å². The van der Waals surface area contributed by atoms with Crippen LogP contribution in [0.1, 0.15) is 32.1 Å². The van der Waals surface area contributed by atoms with Crippen LogP contribution in [0.3, 0.4) is 0 Å². The monoisotopic (exact) mass is 184 g/mol. The van der Waals surface area contributed by atoms with Crippen molar-refractivity contribution in [3.8, 4) is 0 Å². The maximum absolute atomic E-state index is 11.2. The second-order valence-corrected chi connectivity index (χ2v) is 3.97. The van der Waals surface area contributed by atoms with Crippen LogP contribution in [0.4, 0.5) is 0 Å². The number of hydrogen-bond donors (Lipinski definition) is 0. The second kappa shape index (κ2) is 3.66. The van der Waals surface area contributed by atoms with Crippen LogP contribution in [0.2, 0.25) is 0 Å². The molecule has 1 saturated heterocycles. The SMILES string of the molecule is COC(=O)C1CC2CCCCC2O1. The largest absolute Gasteiger partial charge is 0.467 e. The Morgan fingerprint density at radius 3 is 2.85 bits per heavy atom. The smallest absolute Gasteiger partial charge is 0.334 e. The predicted molar refractivity (Wildman–Crippen MR) is 47.3 cm³/mol. The van der Waals surface area contributed by atoms with E-state index in [1.54, 1.807) is 0 Å². The summed E-state index contributed by atoms with van der Waals surface area (Å²) in [6, 6.07) is 0. The van der Waals surface area contributed by atoms with Crippen LogP contribution in [0.5, 0.6) is 0 Å². The minimum absolute atomic E-state index is 0.200. The Hall–Kier alpha value is -0.570. The molecule has 0 bridgehead atoms. The fraction of sp³-hybridized carbons (Fsp3) is 0.900. The number of methoxy groups -OCH3 is 1. The first-order valence-electron chi connectivity index (χ1n) is 5.04. The van der Waals surface area contributed by atoms with Crippen molar-refractivity contribution in [2.75, 3.05) is 7.11 Å². The first-order valence-corrected chi connectivity index (χ1v) is 5.04. The minimum atomic E-state index is -0.280. The zero-order chi connectivity index (χ0) is 9.26. The number of esters is 1. The number of ether oxygens (including phenoxy) is 2. The Balaban J connectivity index is 1.94. The summed E-state index contributed by atoms with van der Waals surface area (Å²) >= 11 is 0. The lowest BCUT2D eigenvalue weighted by atomic mass is 9.85. The fourth-order valence-corrected chi connectivity index (χ4v) is 2.45. The first-order chi connectivity index (χ1) is 6.31. The highest BCUT2D eigenvalue weighted by Crippen LogP contribution is 2.37. The molecular weight excluding hydrogens is 168 g/mol. The first kappa shape index (κ1) is 9.00. The van der Waals surface area contributed by atoms with E-state index in [4.69, 9.17) is 4.74 Å². The van der Waals surface area contributed by atoms with Crippen molar-refractivity contribution in [3.63, 3.8) is 0 Å². The summed E-state index contributed by atoms with van der Waals surface area (Å²) in [4.78, 5) is 11.2. The molecule has 0 aromatic heterocycles. The van der Waals surface area contributed by atoms with Crippen molar-refractivity contribution < 1.29 is 14.3 Å². The van der Waals surface area contributed by atoms with Gasteiger partial charge < -0.3 is 9.47 Å². The van der Waals surface area contributed by atoms with E-state index in [0.29, 0.717) is 12.0 Å². The highest BCUT2D eigenvalue weighted by Gasteiger charge is 2.40. The van der Waals surface area contributed by atoms with Crippen molar-refractivity contribution in [3.05, 3.63) is 0 Å². The van der Waals surface area contributed by atoms with Crippen LogP contribution < -0.4 is 0 Å². The molecule has 3 heteroatoms. The van der Waals surface area contributed by atoms with Gasteiger partial charge in [-0.3, -0.25) is 0 Å². The Labute approximate surface area is 78.4 Å². The van der Waals surface area contributed by atoms with Gasteiger partial charge in [0.1, 0.15) is 0 Å². The van der Waals surface area contributed by atoms with Gasteiger partial charge in [0, 0.05) is 0 Å². The van der Waals surface area contributed by atoms with E-state index < -0.39 is 0 Å². The van der Waals surface area contributed by atoms with E-state index in [1.165, 1.54) is 26.4 Å². The molecule has 1 heterocycles. The predicted octanol–water partition coefficient (Wildman–Crippen LogP) is 1.51. The zero-order valence-electron chi connectivity index (χ0n) is 7.99. The van der Waals surface area contributed by atoms with Crippen LogP contribution in [0.25, 0.3) is 0 Å². The van der Waals surface area contributed by atoms with Gasteiger partial charge in [-0.25, -0.2) is 4.79 Å². The summed E-state index contributed by atoms with van der Waals surface area (Å²) in [5.41, 5.74) is 0. The van der Waals surface area contributed by atoms with Crippen molar-refractivity contribution in [1.29, 1.82) is 0 Å². The summed E-state index contributed by atoms with van der Waals surface area (Å²) in [6.45, 7) is 0. The molecule has 1 aliphatic carbocycles. The number of carbonyl (C=O) groups is 1. The van der Waals surface area contributed by atoms with Crippen molar-refractivity contribution in [2.24, 2.45) is 5.92 Å². The summed E-state index contributed by atoms with van der Waals surface area (Å²) in [5, 5.41) is 0. The third-order valence-corrected chi connectivity index (χ3v) is 3.16. The lowest BCUT2D eigenvalue weighted by Crippen LogP contribution is -2.23. The third-order valence-electron chi connectivity index (χ3n) is 3.16. The number of carbonyl (C=O) groups excluding carboxylic acids is 1. The average molecular weight is 184 g/mol. The van der Waals surface area contributed by atoms with Gasteiger partial charge >= 0.3 is 5.97 Å². The van der Waals surface area contributed by atoms with Crippen LogP contribution >= 0.6 is 0 Å². The topological polar surface area (TPSA) is 35.5 Å². The van der Waals surface area contributed by atoms with E-state index >= 15 is 0 Å². The molecule has 1 aliphatic heterocycles. The molecule has 1 saturated carbocycles. The zero-order valence-corrected chi connectivity index (χ0v) is 7.99. The molecule has 3 atom stereocenters. The lowest BCUT2D eigenvalue weighted by Gasteiger charge is -2.22. The van der Waals surface area contributed by atoms with Gasteiger partial charge in [-0.1, -0.05) is 12.8 Å². The molecule has 0 spiro atoms. The normalized spacial score (nSPS) is 38.4. The van der Waals surface area contributed by atoms with E-state index in [9.17, 15) is 4.79 Å². The molecule has 0 N–H and O–H groups in total. The van der Waals surface area contributed by atoms with E-state index in [1.807, 2.05) is 0 Å². The maximum atomic E-state index is 11.2. The molecule has 13 heavy (non-hydrogen) atoms. The summed E-state index contributed by atoms with van der Waals surface area (Å²) in [6.07, 6.45) is 5.80. The van der Waals surface area contributed by atoms with Crippen molar-refractivity contribution in [1.82, 2.24) is 0 Å². The fourth-order valence-electron chi connectivity index (χ4n) is 2.45. The van der Waals surface area contributed by atoms with Gasteiger partial charge in [0.15, 0.2) is 6.10 Å². The van der Waals surface area contributed by atoms with Gasteiger partial charge in [-0.05, 0) is 25.2 Å². The quantitative estimate of drug-likeness (QED) is 0.579. The molecule has 2 rings (SSSR count). The van der Waals surface area contributed by atoms with Gasteiger partial charge in [0.25, 0.3) is 0 Å². The standard InChI is InChI=1S/C10H16O3/c1-12-10(11)9-6-7-4-2-3-5-8(7)13-9/h7-9H,2-6H2,1H3. The molecular formula is C10H16O3. The summed E-state index contributed by atoms with van der Waals surface area (Å²) < 4.78 is 10.3. The molecule has 0 amide bonds. The van der Waals surface area contributed by atoms with E-state index in [2.05, 4.69) is 4.74 Å². The molecule has 0 aromatic carbocycles. The van der Waals surface area contributed by atoms with Crippen LogP contribution in [0, 0.1) is 5.92 Å². The van der Waals surface area contributed by atoms with E-state index in [0.717, 1.165) is 12.8 Å². The van der Waals surface area contributed by atoms with Gasteiger partial charge in [-0.15, -0.1) is 0 Å². The maximum Gasteiger partial charge on any atom is 0.334 e. The molecule has 0 aromatic rings. The summed E-state index contributed by atoms with van der Waals surface area (Å²) in [7, 11) is 1.42. The van der Waals surface area contributed by atoms with Crippen LogP contribution in [0.15, 0.2) is 0 Å². The lowest BCUT2D eigenvalue weighted by molar-refractivity contribution is -0.153. The Morgan fingerprint density at radius 1 is 1.38 bits per heavy atom. The van der Waals surface area contributed by atoms with Crippen molar-refractivity contribution in [2.45, 2.75) is 44.3 Å². The molecule has 3 unspecified atom stereocenters. The second-order valence-electron chi connectivity index (χ2n) is 3.97. The Kier molecular flexibility index (Phi) is 2.54. The molecule has 2 fully saturated rings. The van der Waals surface area contributed by atoms with Crippen molar-refractivity contribution >= 4 is 5.97 Å². The Bertz CT molecular complexity index is 188. The number of rotatable bonds is 1. The summed E-state index contributed by atoms with van der Waals surface area (Å²) in [5.74, 6) is 0.409. The van der Waals surface area contributed by atoms with Crippen LogP contribution in [-0.2, 0) is 14.3 Å². The van der Waals surface area contributed by atoms with Crippen LogP contribution in [-0.4, -0.2) is 25.3 Å². The Morgan fingerprint density at radius 2 is 2.15 bits per heavy atom. The number of hydrogen-bond acceptors (Lipinski definition) is 3. The highest BCUT2D eigenvalue weighted by molar-refractivity contribution is 5.74. The van der Waals surface area contributed by atoms with E-state index in [-0.39, 0.29) is 12.1 Å². The third kappa shape index (κ3) is 1.70. The molecule has 3 nitrogen and oxygen atoms in total. The average Bonchev–Trinajstić information content (AvgIpc) is 2.59. The highest BCUT2D eigenvalue weighted by atomic mass is 16.6.